The fourth-order valence-corrected chi connectivity index (χ4v) is 2.64. The predicted molar refractivity (Wildman–Crippen MR) is 81.5 cm³/mol. The van der Waals surface area contributed by atoms with Gasteiger partial charge in [0, 0.05) is 30.9 Å². The van der Waals surface area contributed by atoms with E-state index in [2.05, 4.69) is 30.1 Å². The van der Waals surface area contributed by atoms with Crippen molar-refractivity contribution >= 4 is 5.69 Å². The Balaban J connectivity index is 1.74. The summed E-state index contributed by atoms with van der Waals surface area (Å²) >= 11 is 0. The number of nitrogens with zero attached hydrogens (tertiary/aromatic N) is 1. The summed E-state index contributed by atoms with van der Waals surface area (Å²) in [6.45, 7) is 6.23. The van der Waals surface area contributed by atoms with E-state index in [1.165, 1.54) is 25.7 Å². The maximum absolute atomic E-state index is 13.9. The lowest BCUT2D eigenvalue weighted by molar-refractivity contribution is 0.609. The molecule has 1 N–H and O–H groups in total. The van der Waals surface area contributed by atoms with Crippen LogP contribution in [0.5, 0.6) is 0 Å². The minimum absolute atomic E-state index is 0.114. The van der Waals surface area contributed by atoms with Crippen LogP contribution in [0, 0.1) is 11.7 Å². The average Bonchev–Trinajstić information content (AvgIpc) is 3.26. The van der Waals surface area contributed by atoms with Gasteiger partial charge in [0.2, 0.25) is 0 Å². The van der Waals surface area contributed by atoms with Crippen LogP contribution in [0.3, 0.4) is 0 Å². The summed E-state index contributed by atoms with van der Waals surface area (Å²) in [4.78, 5) is 2.35. The topological polar surface area (TPSA) is 15.3 Å². The normalized spacial score (nSPS) is 18.6. The highest BCUT2D eigenvalue weighted by atomic mass is 19.1. The van der Waals surface area contributed by atoms with Crippen LogP contribution in [-0.2, 0) is 6.54 Å². The summed E-state index contributed by atoms with van der Waals surface area (Å²) in [5.41, 5.74) is 2.10. The van der Waals surface area contributed by atoms with Crippen LogP contribution in [0.2, 0.25) is 0 Å². The van der Waals surface area contributed by atoms with E-state index in [1.807, 2.05) is 0 Å². The summed E-state index contributed by atoms with van der Waals surface area (Å²) in [6, 6.07) is 6.58. The zero-order valence-corrected chi connectivity index (χ0v) is 12.5. The van der Waals surface area contributed by atoms with Crippen molar-refractivity contribution in [1.82, 2.24) is 5.32 Å². The van der Waals surface area contributed by atoms with Gasteiger partial charge in [-0.25, -0.2) is 4.39 Å². The molecule has 0 radical (unpaired) electrons. The number of hydrogen-bond donors (Lipinski definition) is 1. The van der Waals surface area contributed by atoms with Gasteiger partial charge in [-0.2, -0.15) is 0 Å². The molecule has 0 spiro atoms. The third-order valence-corrected chi connectivity index (χ3v) is 4.22. The van der Waals surface area contributed by atoms with Crippen LogP contribution in [0.15, 0.2) is 18.2 Å². The molecule has 110 valence electrons. The summed E-state index contributed by atoms with van der Waals surface area (Å²) in [5, 5.41) is 3.46. The van der Waals surface area contributed by atoms with Crippen molar-refractivity contribution in [3.05, 3.63) is 29.6 Å². The fraction of sp³-hybridized carbons (Fsp3) is 0.647. The molecule has 2 aliphatic rings. The van der Waals surface area contributed by atoms with Crippen molar-refractivity contribution in [3.63, 3.8) is 0 Å². The van der Waals surface area contributed by atoms with Crippen molar-refractivity contribution in [2.45, 2.75) is 58.2 Å². The molecule has 0 aromatic heterocycles. The lowest BCUT2D eigenvalue weighted by Gasteiger charge is -2.29. The summed E-state index contributed by atoms with van der Waals surface area (Å²) < 4.78 is 13.9. The Morgan fingerprint density at radius 2 is 1.95 bits per heavy atom. The van der Waals surface area contributed by atoms with Gasteiger partial charge in [-0.1, -0.05) is 0 Å². The molecule has 1 aromatic rings. The standard InChI is InChI=1S/C17H25FN2/c1-12(2)20(11-13-3-4-13)17-8-14(7-15(18)9-17)10-19-16-5-6-16/h7-9,12-13,16,19H,3-6,10-11H2,1-2H3. The van der Waals surface area contributed by atoms with E-state index in [1.54, 1.807) is 12.1 Å². The van der Waals surface area contributed by atoms with Gasteiger partial charge in [-0.15, -0.1) is 0 Å². The molecule has 20 heavy (non-hydrogen) atoms. The lowest BCUT2D eigenvalue weighted by Crippen LogP contribution is -2.33. The molecule has 3 rings (SSSR count). The lowest BCUT2D eigenvalue weighted by atomic mass is 10.1. The van der Waals surface area contributed by atoms with E-state index in [4.69, 9.17) is 0 Å². The SMILES string of the molecule is CC(C)N(CC1CC1)c1cc(F)cc(CNC2CC2)c1. The monoisotopic (exact) mass is 276 g/mol. The number of benzene rings is 1. The molecule has 2 saturated carbocycles. The van der Waals surface area contributed by atoms with Crippen molar-refractivity contribution < 1.29 is 4.39 Å². The molecule has 2 fully saturated rings. The Bertz CT molecular complexity index is 464. The van der Waals surface area contributed by atoms with Crippen molar-refractivity contribution in [1.29, 1.82) is 0 Å². The quantitative estimate of drug-likeness (QED) is 0.817. The first kappa shape index (κ1) is 13.9. The maximum Gasteiger partial charge on any atom is 0.125 e. The first-order valence-corrected chi connectivity index (χ1v) is 7.91. The summed E-state index contributed by atoms with van der Waals surface area (Å²) in [6.07, 6.45) is 5.19. The van der Waals surface area contributed by atoms with Gasteiger partial charge in [0.25, 0.3) is 0 Å². The molecule has 0 aliphatic heterocycles. The molecule has 1 aromatic carbocycles. The van der Waals surface area contributed by atoms with Crippen LogP contribution in [-0.4, -0.2) is 18.6 Å². The largest absolute Gasteiger partial charge is 0.369 e. The molecule has 2 nitrogen and oxygen atoms in total. The van der Waals surface area contributed by atoms with Gasteiger partial charge >= 0.3 is 0 Å². The highest BCUT2D eigenvalue weighted by Crippen LogP contribution is 2.33. The van der Waals surface area contributed by atoms with E-state index >= 15 is 0 Å². The molecule has 0 amide bonds. The van der Waals surface area contributed by atoms with Gasteiger partial charge in [-0.05, 0) is 69.2 Å². The summed E-state index contributed by atoms with van der Waals surface area (Å²) in [5.74, 6) is 0.699. The molecular formula is C17H25FN2. The van der Waals surface area contributed by atoms with Gasteiger partial charge < -0.3 is 10.2 Å². The van der Waals surface area contributed by atoms with E-state index in [0.717, 1.165) is 30.3 Å². The Morgan fingerprint density at radius 3 is 2.55 bits per heavy atom. The number of rotatable bonds is 7. The van der Waals surface area contributed by atoms with Crippen LogP contribution < -0.4 is 10.2 Å². The second kappa shape index (κ2) is 5.72. The van der Waals surface area contributed by atoms with Gasteiger partial charge in [-0.3, -0.25) is 0 Å². The van der Waals surface area contributed by atoms with Gasteiger partial charge in [0.15, 0.2) is 0 Å². The Kier molecular flexibility index (Phi) is 3.97. The molecular weight excluding hydrogens is 251 g/mol. The first-order valence-electron chi connectivity index (χ1n) is 7.91. The van der Waals surface area contributed by atoms with Crippen molar-refractivity contribution in [3.8, 4) is 0 Å². The molecule has 0 bridgehead atoms. The minimum atomic E-state index is -0.114. The van der Waals surface area contributed by atoms with Crippen LogP contribution in [0.1, 0.15) is 45.1 Å². The fourth-order valence-electron chi connectivity index (χ4n) is 2.64. The Labute approximate surface area is 121 Å². The van der Waals surface area contributed by atoms with Crippen LogP contribution in [0.25, 0.3) is 0 Å². The number of nitrogens with one attached hydrogen (secondary N) is 1. The highest BCUT2D eigenvalue weighted by molar-refractivity contribution is 5.50. The third kappa shape index (κ3) is 3.72. The van der Waals surface area contributed by atoms with E-state index in [-0.39, 0.29) is 5.82 Å². The molecule has 3 heteroatoms. The smallest absolute Gasteiger partial charge is 0.125 e. The summed E-state index contributed by atoms with van der Waals surface area (Å²) in [7, 11) is 0. The van der Waals surface area contributed by atoms with Crippen LogP contribution in [0.4, 0.5) is 10.1 Å². The van der Waals surface area contributed by atoms with E-state index < -0.39 is 0 Å². The molecule has 0 saturated heterocycles. The third-order valence-electron chi connectivity index (χ3n) is 4.22. The second-order valence-electron chi connectivity index (χ2n) is 6.66. The Hall–Kier alpha value is -1.09. The average molecular weight is 276 g/mol. The highest BCUT2D eigenvalue weighted by Gasteiger charge is 2.26. The van der Waals surface area contributed by atoms with Crippen molar-refractivity contribution in [2.75, 3.05) is 11.4 Å². The van der Waals surface area contributed by atoms with E-state index in [9.17, 15) is 4.39 Å². The van der Waals surface area contributed by atoms with Crippen LogP contribution >= 0.6 is 0 Å². The first-order chi connectivity index (χ1) is 9.61. The minimum Gasteiger partial charge on any atom is -0.369 e. The molecule has 0 heterocycles. The van der Waals surface area contributed by atoms with Crippen molar-refractivity contribution in [2.24, 2.45) is 5.92 Å². The second-order valence-corrected chi connectivity index (χ2v) is 6.66. The van der Waals surface area contributed by atoms with Gasteiger partial charge in [0.05, 0.1) is 0 Å². The Morgan fingerprint density at radius 1 is 1.20 bits per heavy atom. The van der Waals surface area contributed by atoms with E-state index in [0.29, 0.717) is 12.1 Å². The maximum atomic E-state index is 13.9. The molecule has 0 unspecified atom stereocenters. The van der Waals surface area contributed by atoms with Gasteiger partial charge in [0.1, 0.15) is 5.82 Å². The zero-order valence-electron chi connectivity index (χ0n) is 12.5. The molecule has 0 atom stereocenters. The zero-order chi connectivity index (χ0) is 14.1. The number of anilines is 1. The molecule has 2 aliphatic carbocycles. The number of halogens is 1. The predicted octanol–water partition coefficient (Wildman–Crippen LogP) is 3.70. The number of hydrogen-bond acceptors (Lipinski definition) is 2.